The fourth-order valence-corrected chi connectivity index (χ4v) is 2.30. The molecule has 0 aromatic heterocycles. The number of amides is 1. The Bertz CT molecular complexity index is 577. The lowest BCUT2D eigenvalue weighted by Gasteiger charge is -2.29. The Morgan fingerprint density at radius 1 is 1.27 bits per heavy atom. The Morgan fingerprint density at radius 2 is 1.95 bits per heavy atom. The van der Waals surface area contributed by atoms with Gasteiger partial charge in [-0.2, -0.15) is 0 Å². The second-order valence-electron chi connectivity index (χ2n) is 5.12. The molecule has 1 aromatic carbocycles. The predicted octanol–water partition coefficient (Wildman–Crippen LogP) is -1.50. The lowest BCUT2D eigenvalue weighted by molar-refractivity contribution is -0.112. The maximum atomic E-state index is 11.5. The molecule has 0 fully saturated rings. The summed E-state index contributed by atoms with van der Waals surface area (Å²) < 4.78 is 0. The van der Waals surface area contributed by atoms with Gasteiger partial charge < -0.3 is 31.5 Å². The summed E-state index contributed by atoms with van der Waals surface area (Å²) in [5.74, 6) is -0.739. The van der Waals surface area contributed by atoms with Crippen LogP contribution in [-0.2, 0) is 4.79 Å². The van der Waals surface area contributed by atoms with Crippen molar-refractivity contribution in [3.8, 4) is 0 Å². The van der Waals surface area contributed by atoms with Gasteiger partial charge in [0.25, 0.3) is 5.91 Å². The van der Waals surface area contributed by atoms with Crippen molar-refractivity contribution < 1.29 is 25.2 Å². The number of aliphatic imine (C=N–C) groups is 1. The third-order valence-corrected chi connectivity index (χ3v) is 3.51. The van der Waals surface area contributed by atoms with Crippen molar-refractivity contribution in [1.82, 2.24) is 0 Å². The molecular formula is C14H19N3O5. The fraction of sp³-hybridized carbons (Fsp3) is 0.429. The minimum Gasteiger partial charge on any atom is -0.394 e. The first-order valence-corrected chi connectivity index (χ1v) is 6.83. The van der Waals surface area contributed by atoms with Gasteiger partial charge in [0.15, 0.2) is 0 Å². The average molecular weight is 309 g/mol. The number of fused-ring (bicyclic) bond motifs is 1. The summed E-state index contributed by atoms with van der Waals surface area (Å²) in [5.41, 5.74) is 6.56. The third-order valence-electron chi connectivity index (χ3n) is 3.51. The van der Waals surface area contributed by atoms with Gasteiger partial charge in [-0.25, -0.2) is 4.99 Å². The molecule has 0 radical (unpaired) electrons. The number of carbonyl (C=O) groups excluding carboxylic acids is 1. The van der Waals surface area contributed by atoms with E-state index >= 15 is 0 Å². The molecule has 0 spiro atoms. The molecule has 4 atom stereocenters. The van der Waals surface area contributed by atoms with E-state index in [0.29, 0.717) is 11.4 Å². The highest BCUT2D eigenvalue weighted by Gasteiger charge is 2.32. The number of nitrogens with zero attached hydrogens (tertiary/aromatic N) is 1. The van der Waals surface area contributed by atoms with Crippen LogP contribution in [0.2, 0.25) is 0 Å². The quantitative estimate of drug-likeness (QED) is 0.377. The average Bonchev–Trinajstić information content (AvgIpc) is 2.52. The number of para-hydroxylation sites is 2. The van der Waals surface area contributed by atoms with Crippen molar-refractivity contribution in [3.63, 3.8) is 0 Å². The van der Waals surface area contributed by atoms with Crippen LogP contribution in [0.4, 0.5) is 11.4 Å². The number of aliphatic hydroxyl groups is 4. The normalized spacial score (nSPS) is 21.1. The first kappa shape index (κ1) is 16.4. The van der Waals surface area contributed by atoms with Crippen molar-refractivity contribution in [2.75, 3.05) is 11.9 Å². The van der Waals surface area contributed by atoms with Crippen LogP contribution in [0.5, 0.6) is 0 Å². The molecule has 0 aliphatic carbocycles. The van der Waals surface area contributed by atoms with E-state index in [4.69, 9.17) is 10.8 Å². The molecule has 22 heavy (non-hydrogen) atoms. The van der Waals surface area contributed by atoms with Crippen molar-refractivity contribution in [2.45, 2.75) is 30.8 Å². The van der Waals surface area contributed by atoms with Crippen molar-refractivity contribution >= 4 is 23.0 Å². The van der Waals surface area contributed by atoms with Gasteiger partial charge in [0.2, 0.25) is 0 Å². The van der Waals surface area contributed by atoms with Crippen LogP contribution in [0.3, 0.4) is 0 Å². The molecule has 4 unspecified atom stereocenters. The van der Waals surface area contributed by atoms with E-state index in [2.05, 4.69) is 10.3 Å². The first-order valence-electron chi connectivity index (χ1n) is 6.83. The van der Waals surface area contributed by atoms with Crippen molar-refractivity contribution in [3.05, 3.63) is 24.3 Å². The zero-order chi connectivity index (χ0) is 16.3. The second kappa shape index (κ2) is 6.84. The monoisotopic (exact) mass is 309 g/mol. The van der Waals surface area contributed by atoms with E-state index in [1.807, 2.05) is 0 Å². The number of hydrogen-bond donors (Lipinski definition) is 6. The van der Waals surface area contributed by atoms with Crippen LogP contribution in [0.25, 0.3) is 0 Å². The van der Waals surface area contributed by atoms with Gasteiger partial charge in [0.1, 0.15) is 17.9 Å². The smallest absolute Gasteiger partial charge is 0.265 e. The van der Waals surface area contributed by atoms with E-state index in [0.717, 1.165) is 0 Å². The predicted molar refractivity (Wildman–Crippen MR) is 79.9 cm³/mol. The molecule has 8 heteroatoms. The van der Waals surface area contributed by atoms with Gasteiger partial charge >= 0.3 is 0 Å². The SMILES string of the molecule is NC(=O)C1=Nc2ccccc2NC1CC(O)C(O)C(O)CO. The second-order valence-corrected chi connectivity index (χ2v) is 5.12. The summed E-state index contributed by atoms with van der Waals surface area (Å²) >= 11 is 0. The summed E-state index contributed by atoms with van der Waals surface area (Å²) in [7, 11) is 0. The number of anilines is 1. The van der Waals surface area contributed by atoms with Crippen LogP contribution in [0.1, 0.15) is 6.42 Å². The topological polar surface area (TPSA) is 148 Å². The Kier molecular flexibility index (Phi) is 5.09. The minimum absolute atomic E-state index is 0.0310. The van der Waals surface area contributed by atoms with Crippen LogP contribution >= 0.6 is 0 Å². The fourth-order valence-electron chi connectivity index (χ4n) is 2.30. The zero-order valence-electron chi connectivity index (χ0n) is 11.8. The highest BCUT2D eigenvalue weighted by molar-refractivity contribution is 6.42. The van der Waals surface area contributed by atoms with E-state index in [1.54, 1.807) is 24.3 Å². The summed E-state index contributed by atoms with van der Waals surface area (Å²) in [6.07, 6.45) is -4.48. The summed E-state index contributed by atoms with van der Waals surface area (Å²) in [6.45, 7) is -0.685. The molecule has 1 heterocycles. The summed E-state index contributed by atoms with van der Waals surface area (Å²) in [4.78, 5) is 15.7. The lowest BCUT2D eigenvalue weighted by Crippen LogP contribution is -2.47. The standard InChI is InChI=1S/C14H19N3O5/c15-14(22)12-9(5-10(19)13(21)11(20)6-18)16-7-3-1-2-4-8(7)17-12/h1-4,9-11,13,16,18-21H,5-6H2,(H2,15,22). The zero-order valence-corrected chi connectivity index (χ0v) is 11.8. The maximum absolute atomic E-state index is 11.5. The van der Waals surface area contributed by atoms with Crippen LogP contribution in [0, 0.1) is 0 Å². The van der Waals surface area contributed by atoms with E-state index in [1.165, 1.54) is 0 Å². The van der Waals surface area contributed by atoms with E-state index in [9.17, 15) is 20.1 Å². The highest BCUT2D eigenvalue weighted by atomic mass is 16.4. The number of aliphatic hydroxyl groups excluding tert-OH is 4. The Morgan fingerprint density at radius 3 is 2.59 bits per heavy atom. The Hall–Kier alpha value is -2.00. The van der Waals surface area contributed by atoms with Crippen LogP contribution in [-0.4, -0.2) is 63.0 Å². The molecule has 120 valence electrons. The molecule has 1 amide bonds. The lowest BCUT2D eigenvalue weighted by atomic mass is 9.96. The molecular weight excluding hydrogens is 290 g/mol. The molecule has 0 bridgehead atoms. The number of rotatable bonds is 6. The van der Waals surface area contributed by atoms with Crippen LogP contribution < -0.4 is 11.1 Å². The molecule has 1 aromatic rings. The van der Waals surface area contributed by atoms with Crippen LogP contribution in [0.15, 0.2) is 29.3 Å². The number of benzene rings is 1. The number of primary amides is 1. The molecule has 0 saturated heterocycles. The summed E-state index contributed by atoms with van der Waals surface area (Å²) in [5, 5.41) is 40.8. The van der Waals surface area contributed by atoms with Gasteiger partial charge in [-0.15, -0.1) is 0 Å². The molecule has 1 aliphatic heterocycles. The van der Waals surface area contributed by atoms with Crippen molar-refractivity contribution in [1.29, 1.82) is 0 Å². The number of carbonyl (C=O) groups is 1. The third kappa shape index (κ3) is 3.42. The summed E-state index contributed by atoms with van der Waals surface area (Å²) in [6, 6.07) is 6.31. The number of nitrogens with two attached hydrogens (primary N) is 1. The van der Waals surface area contributed by atoms with E-state index < -0.39 is 36.9 Å². The minimum atomic E-state index is -1.54. The molecule has 0 saturated carbocycles. The van der Waals surface area contributed by atoms with Gasteiger partial charge in [0, 0.05) is 6.42 Å². The Balaban J connectivity index is 2.19. The maximum Gasteiger partial charge on any atom is 0.265 e. The number of nitrogens with one attached hydrogen (secondary N) is 1. The largest absolute Gasteiger partial charge is 0.394 e. The van der Waals surface area contributed by atoms with Gasteiger partial charge in [-0.05, 0) is 12.1 Å². The van der Waals surface area contributed by atoms with Gasteiger partial charge in [-0.3, -0.25) is 4.79 Å². The molecule has 1 aliphatic rings. The Labute approximate surface area is 126 Å². The molecule has 2 rings (SSSR count). The van der Waals surface area contributed by atoms with Gasteiger partial charge in [-0.1, -0.05) is 12.1 Å². The van der Waals surface area contributed by atoms with Gasteiger partial charge in [0.05, 0.1) is 30.1 Å². The first-order chi connectivity index (χ1) is 10.4. The van der Waals surface area contributed by atoms with Crippen molar-refractivity contribution in [2.24, 2.45) is 10.7 Å². The van der Waals surface area contributed by atoms with E-state index in [-0.39, 0.29) is 12.1 Å². The highest BCUT2D eigenvalue weighted by Crippen LogP contribution is 2.30. The molecule has 8 nitrogen and oxygen atoms in total. The number of hydrogen-bond acceptors (Lipinski definition) is 7. The molecule has 7 N–H and O–H groups in total.